The summed E-state index contributed by atoms with van der Waals surface area (Å²) in [6.07, 6.45) is 1.49. The van der Waals surface area contributed by atoms with Crippen molar-refractivity contribution in [2.45, 2.75) is 19.0 Å². The molecule has 3 rings (SSSR count). The number of carbonyl (C=O) groups is 3. The van der Waals surface area contributed by atoms with E-state index < -0.39 is 18.0 Å². The molecule has 0 spiro atoms. The van der Waals surface area contributed by atoms with Crippen molar-refractivity contribution in [3.05, 3.63) is 42.2 Å². The van der Waals surface area contributed by atoms with Crippen molar-refractivity contribution in [1.29, 1.82) is 0 Å². The molecular weight excluding hydrogens is 312 g/mol. The first-order valence-corrected chi connectivity index (χ1v) is 7.35. The van der Waals surface area contributed by atoms with Crippen LogP contribution in [0, 0.1) is 0 Å². The highest BCUT2D eigenvalue weighted by Gasteiger charge is 2.32. The van der Waals surface area contributed by atoms with Gasteiger partial charge in [-0.25, -0.2) is 4.79 Å². The maximum Gasteiger partial charge on any atom is 0.322 e. The molecular formula is C15H16N6O3. The van der Waals surface area contributed by atoms with Crippen LogP contribution in [-0.4, -0.2) is 50.8 Å². The van der Waals surface area contributed by atoms with Crippen LogP contribution in [0.15, 0.2) is 36.5 Å². The van der Waals surface area contributed by atoms with Gasteiger partial charge in [0, 0.05) is 7.05 Å². The van der Waals surface area contributed by atoms with Crippen molar-refractivity contribution in [1.82, 2.24) is 30.5 Å². The minimum absolute atomic E-state index is 0.0963. The van der Waals surface area contributed by atoms with E-state index in [0.29, 0.717) is 5.69 Å². The largest absolute Gasteiger partial charge is 0.340 e. The Hall–Kier alpha value is -3.23. The van der Waals surface area contributed by atoms with Gasteiger partial charge in [0.25, 0.3) is 5.91 Å². The van der Waals surface area contributed by atoms with E-state index in [4.69, 9.17) is 0 Å². The quantitative estimate of drug-likeness (QED) is 0.740. The summed E-state index contributed by atoms with van der Waals surface area (Å²) >= 11 is 0. The predicted octanol–water partition coefficient (Wildman–Crippen LogP) is -0.176. The normalized spacial score (nSPS) is 16.6. The third kappa shape index (κ3) is 3.40. The Morgan fingerprint density at radius 1 is 1.29 bits per heavy atom. The van der Waals surface area contributed by atoms with Crippen molar-refractivity contribution in [2.75, 3.05) is 7.05 Å². The summed E-state index contributed by atoms with van der Waals surface area (Å²) in [6, 6.07) is 8.01. The van der Waals surface area contributed by atoms with E-state index in [9.17, 15) is 14.4 Å². The van der Waals surface area contributed by atoms with Gasteiger partial charge < -0.3 is 10.2 Å². The van der Waals surface area contributed by atoms with Gasteiger partial charge >= 0.3 is 6.03 Å². The first kappa shape index (κ1) is 15.7. The molecule has 0 saturated carbocycles. The van der Waals surface area contributed by atoms with Crippen molar-refractivity contribution in [3.8, 4) is 5.69 Å². The summed E-state index contributed by atoms with van der Waals surface area (Å²) in [5, 5.41) is 13.0. The molecule has 4 amide bonds. The first-order valence-electron chi connectivity index (χ1n) is 7.35. The average Bonchev–Trinajstić information content (AvgIpc) is 3.15. The summed E-state index contributed by atoms with van der Waals surface area (Å²) in [4.78, 5) is 37.6. The first-order chi connectivity index (χ1) is 11.5. The average molecular weight is 328 g/mol. The molecule has 124 valence electrons. The van der Waals surface area contributed by atoms with Gasteiger partial charge in [-0.15, -0.1) is 0 Å². The van der Waals surface area contributed by atoms with Gasteiger partial charge in [-0.1, -0.05) is 18.2 Å². The third-order valence-corrected chi connectivity index (χ3v) is 3.59. The zero-order valence-corrected chi connectivity index (χ0v) is 13.0. The molecule has 1 aliphatic heterocycles. The van der Waals surface area contributed by atoms with E-state index in [1.165, 1.54) is 9.70 Å². The monoisotopic (exact) mass is 328 g/mol. The number of amides is 4. The van der Waals surface area contributed by atoms with Gasteiger partial charge in [-0.3, -0.25) is 14.9 Å². The number of hydrogen-bond donors (Lipinski definition) is 2. The molecule has 2 heterocycles. The number of aromatic nitrogens is 3. The van der Waals surface area contributed by atoms with Crippen molar-refractivity contribution >= 4 is 17.8 Å². The number of hydrogen-bond acceptors (Lipinski definition) is 5. The van der Waals surface area contributed by atoms with Crippen LogP contribution in [0.5, 0.6) is 0 Å². The number of nitrogens with zero attached hydrogens (tertiary/aromatic N) is 4. The van der Waals surface area contributed by atoms with Gasteiger partial charge in [-0.2, -0.15) is 15.0 Å². The van der Waals surface area contributed by atoms with E-state index in [0.717, 1.165) is 5.69 Å². The van der Waals surface area contributed by atoms with Crippen molar-refractivity contribution in [3.63, 3.8) is 0 Å². The Balaban J connectivity index is 1.59. The zero-order valence-electron chi connectivity index (χ0n) is 13.0. The van der Waals surface area contributed by atoms with Crippen LogP contribution < -0.4 is 10.6 Å². The molecule has 0 radical (unpaired) electrons. The Morgan fingerprint density at radius 2 is 2.04 bits per heavy atom. The molecule has 1 aromatic heterocycles. The smallest absolute Gasteiger partial charge is 0.322 e. The lowest BCUT2D eigenvalue weighted by Crippen LogP contribution is -2.37. The van der Waals surface area contributed by atoms with Gasteiger partial charge in [0.2, 0.25) is 5.91 Å². The molecule has 2 aromatic rings. The molecule has 1 atom stereocenters. The van der Waals surface area contributed by atoms with Crippen LogP contribution in [0.1, 0.15) is 12.1 Å². The maximum absolute atomic E-state index is 12.2. The topological polar surface area (TPSA) is 109 Å². The van der Waals surface area contributed by atoms with Crippen LogP contribution in [0.4, 0.5) is 4.79 Å². The second-order valence-electron chi connectivity index (χ2n) is 5.43. The molecule has 9 heteroatoms. The van der Waals surface area contributed by atoms with Gasteiger partial charge in [0.05, 0.1) is 24.8 Å². The molecule has 1 saturated heterocycles. The molecule has 0 unspecified atom stereocenters. The number of imide groups is 1. The highest BCUT2D eigenvalue weighted by Crippen LogP contribution is 2.08. The minimum atomic E-state index is -0.826. The van der Waals surface area contributed by atoms with Gasteiger partial charge in [-0.05, 0) is 12.1 Å². The van der Waals surface area contributed by atoms with E-state index >= 15 is 0 Å². The molecule has 1 fully saturated rings. The molecule has 24 heavy (non-hydrogen) atoms. The summed E-state index contributed by atoms with van der Waals surface area (Å²) in [7, 11) is 1.61. The van der Waals surface area contributed by atoms with E-state index in [1.54, 1.807) is 13.2 Å². The summed E-state index contributed by atoms with van der Waals surface area (Å²) in [5.74, 6) is -0.761. The van der Waals surface area contributed by atoms with Crippen molar-refractivity contribution < 1.29 is 14.4 Å². The van der Waals surface area contributed by atoms with Crippen LogP contribution in [-0.2, 0) is 16.1 Å². The number of rotatable bonds is 5. The predicted molar refractivity (Wildman–Crippen MR) is 82.9 cm³/mol. The molecule has 1 aliphatic rings. The van der Waals surface area contributed by atoms with E-state index in [1.807, 2.05) is 30.3 Å². The van der Waals surface area contributed by atoms with Gasteiger partial charge in [0.15, 0.2) is 0 Å². The SMILES string of the molecule is CN(Cc1cnn(-c2ccccc2)n1)C(=O)C[C@@H]1NC(=O)NC1=O. The summed E-state index contributed by atoms with van der Waals surface area (Å²) in [6.45, 7) is 0.258. The molecule has 1 aromatic carbocycles. The Kier molecular flexibility index (Phi) is 4.23. The van der Waals surface area contributed by atoms with E-state index in [-0.39, 0.29) is 18.9 Å². The number of nitrogens with one attached hydrogen (secondary N) is 2. The summed E-state index contributed by atoms with van der Waals surface area (Å²) < 4.78 is 0. The maximum atomic E-state index is 12.2. The van der Waals surface area contributed by atoms with Crippen LogP contribution in [0.2, 0.25) is 0 Å². The third-order valence-electron chi connectivity index (χ3n) is 3.59. The lowest BCUT2D eigenvalue weighted by Gasteiger charge is -2.17. The molecule has 0 bridgehead atoms. The fourth-order valence-corrected chi connectivity index (χ4v) is 2.32. The Labute approximate surface area is 137 Å². The lowest BCUT2D eigenvalue weighted by molar-refractivity contribution is -0.133. The highest BCUT2D eigenvalue weighted by molar-refractivity contribution is 6.05. The van der Waals surface area contributed by atoms with Crippen LogP contribution in [0.3, 0.4) is 0 Å². The number of carbonyl (C=O) groups excluding carboxylic acids is 3. The second-order valence-corrected chi connectivity index (χ2v) is 5.43. The fourth-order valence-electron chi connectivity index (χ4n) is 2.32. The number of benzene rings is 1. The number of urea groups is 1. The highest BCUT2D eigenvalue weighted by atomic mass is 16.2. The second kappa shape index (κ2) is 6.49. The summed E-state index contributed by atoms with van der Waals surface area (Å²) in [5.41, 5.74) is 1.44. The Bertz CT molecular complexity index is 773. The van der Waals surface area contributed by atoms with Crippen LogP contribution >= 0.6 is 0 Å². The molecule has 0 aliphatic carbocycles. The Morgan fingerprint density at radius 3 is 2.71 bits per heavy atom. The molecule has 9 nitrogen and oxygen atoms in total. The minimum Gasteiger partial charge on any atom is -0.340 e. The standard InChI is InChI=1S/C15H16N6O3/c1-20(13(22)7-12-14(23)18-15(24)17-12)9-10-8-16-21(19-10)11-5-3-2-4-6-11/h2-6,8,12H,7,9H2,1H3,(H2,17,18,23,24)/t12-/m0/s1. The van der Waals surface area contributed by atoms with Gasteiger partial charge in [0.1, 0.15) is 11.7 Å². The number of para-hydroxylation sites is 1. The van der Waals surface area contributed by atoms with Crippen LogP contribution in [0.25, 0.3) is 5.69 Å². The zero-order chi connectivity index (χ0) is 17.1. The van der Waals surface area contributed by atoms with Crippen molar-refractivity contribution in [2.24, 2.45) is 0 Å². The fraction of sp³-hybridized carbons (Fsp3) is 0.267. The molecule has 2 N–H and O–H groups in total. The lowest BCUT2D eigenvalue weighted by atomic mass is 10.2. The van der Waals surface area contributed by atoms with E-state index in [2.05, 4.69) is 20.8 Å².